The molecule has 1 aromatic carbocycles. The molecule has 2 fully saturated rings. The van der Waals surface area contributed by atoms with Crippen LogP contribution in [0.15, 0.2) is 18.2 Å². The molecule has 3 rings (SSSR count). The summed E-state index contributed by atoms with van der Waals surface area (Å²) in [6, 6.07) is 6.11. The summed E-state index contributed by atoms with van der Waals surface area (Å²) in [7, 11) is 0. The average molecular weight is 245 g/mol. The van der Waals surface area contributed by atoms with E-state index in [2.05, 4.69) is 5.32 Å². The second-order valence-electron chi connectivity index (χ2n) is 5.78. The molecule has 3 unspecified atom stereocenters. The van der Waals surface area contributed by atoms with Crippen molar-refractivity contribution >= 4 is 11.7 Å². The van der Waals surface area contributed by atoms with Crippen LogP contribution in [0.3, 0.4) is 0 Å². The lowest BCUT2D eigenvalue weighted by Crippen LogP contribution is -2.26. The van der Waals surface area contributed by atoms with Gasteiger partial charge in [0, 0.05) is 11.7 Å². The Hall–Kier alpha value is -1.51. The molecule has 2 N–H and O–H groups in total. The number of aromatic carboxylic acids is 1. The van der Waals surface area contributed by atoms with E-state index in [0.29, 0.717) is 11.6 Å². The van der Waals surface area contributed by atoms with Gasteiger partial charge in [0.1, 0.15) is 0 Å². The first-order valence-corrected chi connectivity index (χ1v) is 6.74. The van der Waals surface area contributed by atoms with Gasteiger partial charge in [0.2, 0.25) is 0 Å². The largest absolute Gasteiger partial charge is 0.478 e. The highest BCUT2D eigenvalue weighted by Gasteiger charge is 2.39. The van der Waals surface area contributed by atoms with Gasteiger partial charge in [-0.1, -0.05) is 18.1 Å². The van der Waals surface area contributed by atoms with Crippen LogP contribution in [-0.2, 0) is 0 Å². The maximum atomic E-state index is 11.3. The molecule has 0 aliphatic heterocycles. The summed E-state index contributed by atoms with van der Waals surface area (Å²) in [6.45, 7) is 1.92. The summed E-state index contributed by atoms with van der Waals surface area (Å²) in [5, 5.41) is 12.7. The predicted octanol–water partition coefficient (Wildman–Crippen LogP) is 3.29. The number of fused-ring (bicyclic) bond motifs is 2. The molecule has 2 saturated carbocycles. The number of aryl methyl sites for hydroxylation is 1. The molecule has 0 heterocycles. The lowest BCUT2D eigenvalue weighted by Gasteiger charge is -2.25. The van der Waals surface area contributed by atoms with Crippen LogP contribution in [0.5, 0.6) is 0 Å². The van der Waals surface area contributed by atoms with E-state index < -0.39 is 5.97 Å². The third-order valence-electron chi connectivity index (χ3n) is 4.48. The molecule has 3 heteroatoms. The number of carboxylic acids is 1. The van der Waals surface area contributed by atoms with Crippen LogP contribution in [0.25, 0.3) is 0 Å². The van der Waals surface area contributed by atoms with Gasteiger partial charge in [-0.15, -0.1) is 0 Å². The summed E-state index contributed by atoms with van der Waals surface area (Å²) < 4.78 is 0. The SMILES string of the molecule is Cc1ccc(NC2CC3CCC2C3)c(C(=O)O)c1. The van der Waals surface area contributed by atoms with E-state index in [9.17, 15) is 9.90 Å². The molecule has 1 aromatic rings. The Bertz CT molecular complexity index is 483. The third kappa shape index (κ3) is 1.98. The van der Waals surface area contributed by atoms with Crippen molar-refractivity contribution in [1.29, 1.82) is 0 Å². The first-order chi connectivity index (χ1) is 8.63. The van der Waals surface area contributed by atoms with Crippen LogP contribution >= 0.6 is 0 Å². The number of carbonyl (C=O) groups is 1. The summed E-state index contributed by atoms with van der Waals surface area (Å²) >= 11 is 0. The minimum absolute atomic E-state index is 0.401. The van der Waals surface area contributed by atoms with E-state index in [1.165, 1.54) is 25.7 Å². The lowest BCUT2D eigenvalue weighted by molar-refractivity contribution is 0.0697. The number of anilines is 1. The normalized spacial score (nSPS) is 29.5. The fourth-order valence-electron chi connectivity index (χ4n) is 3.58. The van der Waals surface area contributed by atoms with Crippen LogP contribution < -0.4 is 5.32 Å². The van der Waals surface area contributed by atoms with Gasteiger partial charge in [-0.2, -0.15) is 0 Å². The number of hydrogen-bond acceptors (Lipinski definition) is 2. The van der Waals surface area contributed by atoms with Crippen molar-refractivity contribution in [3.05, 3.63) is 29.3 Å². The fourth-order valence-corrected chi connectivity index (χ4v) is 3.58. The fraction of sp³-hybridized carbons (Fsp3) is 0.533. The maximum Gasteiger partial charge on any atom is 0.337 e. The molecular weight excluding hydrogens is 226 g/mol. The molecule has 0 saturated heterocycles. The zero-order valence-corrected chi connectivity index (χ0v) is 10.6. The van der Waals surface area contributed by atoms with Gasteiger partial charge in [-0.25, -0.2) is 4.79 Å². The Balaban J connectivity index is 1.82. The highest BCUT2D eigenvalue weighted by atomic mass is 16.4. The van der Waals surface area contributed by atoms with E-state index in [1.807, 2.05) is 19.1 Å². The van der Waals surface area contributed by atoms with Gasteiger partial charge in [0.15, 0.2) is 0 Å². The van der Waals surface area contributed by atoms with E-state index in [1.54, 1.807) is 6.07 Å². The maximum absolute atomic E-state index is 11.3. The van der Waals surface area contributed by atoms with Gasteiger partial charge in [0.25, 0.3) is 0 Å². The standard InChI is InChI=1S/C15H19NO2/c1-9-2-5-13(12(6-9)15(17)18)16-14-8-10-3-4-11(14)7-10/h2,5-6,10-11,14,16H,3-4,7-8H2,1H3,(H,17,18). The number of carboxylic acid groups (broad SMARTS) is 1. The number of rotatable bonds is 3. The summed E-state index contributed by atoms with van der Waals surface area (Å²) in [5.74, 6) is 0.772. The Morgan fingerprint density at radius 1 is 1.33 bits per heavy atom. The van der Waals surface area contributed by atoms with E-state index >= 15 is 0 Å². The van der Waals surface area contributed by atoms with Crippen molar-refractivity contribution in [2.24, 2.45) is 11.8 Å². The second-order valence-corrected chi connectivity index (χ2v) is 5.78. The zero-order chi connectivity index (χ0) is 12.7. The molecule has 0 radical (unpaired) electrons. The summed E-state index contributed by atoms with van der Waals surface area (Å²) in [6.07, 6.45) is 5.20. The van der Waals surface area contributed by atoms with Crippen molar-refractivity contribution in [1.82, 2.24) is 0 Å². The number of hydrogen-bond donors (Lipinski definition) is 2. The molecule has 2 bridgehead atoms. The van der Waals surface area contributed by atoms with Crippen LogP contribution in [0.4, 0.5) is 5.69 Å². The summed E-state index contributed by atoms with van der Waals surface area (Å²) in [4.78, 5) is 11.3. The minimum atomic E-state index is -0.843. The Labute approximate surface area is 107 Å². The van der Waals surface area contributed by atoms with E-state index in [4.69, 9.17) is 0 Å². The first-order valence-electron chi connectivity index (χ1n) is 6.74. The Kier molecular flexibility index (Phi) is 2.77. The van der Waals surface area contributed by atoms with Gasteiger partial charge >= 0.3 is 5.97 Å². The molecule has 2 aliphatic rings. The molecule has 2 aliphatic carbocycles. The molecule has 0 aromatic heterocycles. The van der Waals surface area contributed by atoms with Crippen LogP contribution in [0.1, 0.15) is 41.6 Å². The van der Waals surface area contributed by atoms with Gasteiger partial charge in [0.05, 0.1) is 5.56 Å². The monoisotopic (exact) mass is 245 g/mol. The van der Waals surface area contributed by atoms with Crippen molar-refractivity contribution < 1.29 is 9.90 Å². The Morgan fingerprint density at radius 2 is 2.17 bits per heavy atom. The van der Waals surface area contributed by atoms with Crippen molar-refractivity contribution in [3.63, 3.8) is 0 Å². The molecule has 3 nitrogen and oxygen atoms in total. The van der Waals surface area contributed by atoms with Crippen LogP contribution in [0.2, 0.25) is 0 Å². The minimum Gasteiger partial charge on any atom is -0.478 e. The summed E-state index contributed by atoms with van der Waals surface area (Å²) in [5.41, 5.74) is 2.18. The number of benzene rings is 1. The molecule has 3 atom stereocenters. The number of nitrogens with one attached hydrogen (secondary N) is 1. The lowest BCUT2D eigenvalue weighted by atomic mass is 9.94. The molecule has 0 amide bonds. The first kappa shape index (κ1) is 11.6. The van der Waals surface area contributed by atoms with E-state index in [0.717, 1.165) is 23.1 Å². The molecule has 18 heavy (non-hydrogen) atoms. The van der Waals surface area contributed by atoms with Gasteiger partial charge in [-0.3, -0.25) is 0 Å². The Morgan fingerprint density at radius 3 is 2.78 bits per heavy atom. The highest BCUT2D eigenvalue weighted by Crippen LogP contribution is 2.45. The van der Waals surface area contributed by atoms with E-state index in [-0.39, 0.29) is 0 Å². The molecule has 96 valence electrons. The quantitative estimate of drug-likeness (QED) is 0.859. The van der Waals surface area contributed by atoms with Crippen LogP contribution in [-0.4, -0.2) is 17.1 Å². The van der Waals surface area contributed by atoms with Gasteiger partial charge < -0.3 is 10.4 Å². The van der Waals surface area contributed by atoms with Gasteiger partial charge in [-0.05, 0) is 50.2 Å². The predicted molar refractivity (Wildman–Crippen MR) is 71.0 cm³/mol. The van der Waals surface area contributed by atoms with Crippen LogP contribution in [0, 0.1) is 18.8 Å². The zero-order valence-electron chi connectivity index (χ0n) is 10.6. The molecule has 0 spiro atoms. The topological polar surface area (TPSA) is 49.3 Å². The smallest absolute Gasteiger partial charge is 0.337 e. The highest BCUT2D eigenvalue weighted by molar-refractivity contribution is 5.94. The molecular formula is C15H19NO2. The van der Waals surface area contributed by atoms with Crippen molar-refractivity contribution in [3.8, 4) is 0 Å². The van der Waals surface area contributed by atoms with Crippen molar-refractivity contribution in [2.75, 3.05) is 5.32 Å². The second kappa shape index (κ2) is 4.30. The average Bonchev–Trinajstić information content (AvgIpc) is 2.93. The van der Waals surface area contributed by atoms with Crippen molar-refractivity contribution in [2.45, 2.75) is 38.6 Å². The third-order valence-corrected chi connectivity index (χ3v) is 4.48.